The predicted molar refractivity (Wildman–Crippen MR) is 97.8 cm³/mol. The van der Waals surface area contributed by atoms with Gasteiger partial charge in [0, 0.05) is 10.7 Å². The van der Waals surface area contributed by atoms with Crippen LogP contribution in [-0.4, -0.2) is 18.0 Å². The lowest BCUT2D eigenvalue weighted by molar-refractivity contribution is -0.152. The first kappa shape index (κ1) is 17.5. The highest BCUT2D eigenvalue weighted by Gasteiger charge is 2.19. The van der Waals surface area contributed by atoms with Crippen molar-refractivity contribution in [2.75, 3.05) is 5.32 Å². The zero-order chi connectivity index (χ0) is 17.8. The lowest BCUT2D eigenvalue weighted by Gasteiger charge is -2.14. The van der Waals surface area contributed by atoms with E-state index in [1.165, 1.54) is 17.5 Å². The van der Waals surface area contributed by atoms with Crippen molar-refractivity contribution in [3.63, 3.8) is 0 Å². The molecule has 5 heteroatoms. The number of fused-ring (bicyclic) bond motifs is 1. The lowest BCUT2D eigenvalue weighted by atomic mass is 10.0. The summed E-state index contributed by atoms with van der Waals surface area (Å²) in [5.74, 6) is -0.777. The molecule has 4 nitrogen and oxygen atoms in total. The molecule has 0 fully saturated rings. The Morgan fingerprint density at radius 1 is 1.12 bits per heavy atom. The lowest BCUT2D eigenvalue weighted by Crippen LogP contribution is -2.30. The molecule has 0 spiro atoms. The maximum Gasteiger partial charge on any atom is 0.311 e. The van der Waals surface area contributed by atoms with Gasteiger partial charge in [0.1, 0.15) is 0 Å². The normalized spacial score (nSPS) is 13.8. The van der Waals surface area contributed by atoms with Crippen LogP contribution in [0.15, 0.2) is 42.5 Å². The number of hydrogen-bond acceptors (Lipinski definition) is 3. The molecule has 1 amide bonds. The third-order valence-electron chi connectivity index (χ3n) is 4.30. The standard InChI is InChI=1S/C20H20ClNO3/c1-13(20(24)22-18-9-7-17(21)8-10-18)25-19(23)12-14-5-6-15-3-2-4-16(15)11-14/h5-11,13H,2-4,12H2,1H3,(H,22,24)/t13-/m0/s1. The van der Waals surface area contributed by atoms with Crippen molar-refractivity contribution in [1.29, 1.82) is 0 Å². The Bertz CT molecular complexity index is 786. The first-order valence-corrected chi connectivity index (χ1v) is 8.75. The van der Waals surface area contributed by atoms with E-state index in [2.05, 4.69) is 17.4 Å². The van der Waals surface area contributed by atoms with Crippen molar-refractivity contribution in [1.82, 2.24) is 0 Å². The van der Waals surface area contributed by atoms with Crippen LogP contribution in [0.5, 0.6) is 0 Å². The summed E-state index contributed by atoms with van der Waals surface area (Å²) in [7, 11) is 0. The van der Waals surface area contributed by atoms with Gasteiger partial charge >= 0.3 is 5.97 Å². The van der Waals surface area contributed by atoms with Crippen molar-refractivity contribution < 1.29 is 14.3 Å². The highest BCUT2D eigenvalue weighted by molar-refractivity contribution is 6.30. The molecule has 25 heavy (non-hydrogen) atoms. The first-order chi connectivity index (χ1) is 12.0. The van der Waals surface area contributed by atoms with Crippen LogP contribution in [-0.2, 0) is 33.6 Å². The zero-order valence-corrected chi connectivity index (χ0v) is 14.8. The molecule has 1 atom stereocenters. The number of carbonyl (C=O) groups excluding carboxylic acids is 2. The monoisotopic (exact) mass is 357 g/mol. The Hall–Kier alpha value is -2.33. The second-order valence-electron chi connectivity index (χ2n) is 6.26. The van der Waals surface area contributed by atoms with Gasteiger partial charge in [-0.2, -0.15) is 0 Å². The SMILES string of the molecule is C[C@H](OC(=O)Cc1ccc2c(c1)CCC2)C(=O)Nc1ccc(Cl)cc1. The second-order valence-corrected chi connectivity index (χ2v) is 6.70. The third kappa shape index (κ3) is 4.60. The molecule has 0 aliphatic heterocycles. The molecule has 3 rings (SSSR count). The number of esters is 1. The van der Waals surface area contributed by atoms with E-state index in [1.807, 2.05) is 6.07 Å². The second kappa shape index (κ2) is 7.70. The van der Waals surface area contributed by atoms with E-state index in [-0.39, 0.29) is 12.3 Å². The van der Waals surface area contributed by atoms with Crippen LogP contribution in [0.2, 0.25) is 5.02 Å². The number of rotatable bonds is 5. The van der Waals surface area contributed by atoms with Crippen LogP contribution in [0, 0.1) is 0 Å². The third-order valence-corrected chi connectivity index (χ3v) is 4.55. The van der Waals surface area contributed by atoms with E-state index in [0.717, 1.165) is 18.4 Å². The van der Waals surface area contributed by atoms with Crippen LogP contribution in [0.4, 0.5) is 5.69 Å². The molecule has 0 bridgehead atoms. The predicted octanol–water partition coefficient (Wildman–Crippen LogP) is 3.94. The number of anilines is 1. The molecule has 1 aliphatic rings. The Kier molecular flexibility index (Phi) is 5.39. The first-order valence-electron chi connectivity index (χ1n) is 8.38. The average Bonchev–Trinajstić information content (AvgIpc) is 3.04. The molecule has 1 aliphatic carbocycles. The highest BCUT2D eigenvalue weighted by Crippen LogP contribution is 2.23. The van der Waals surface area contributed by atoms with Gasteiger partial charge in [-0.3, -0.25) is 9.59 Å². The topological polar surface area (TPSA) is 55.4 Å². The van der Waals surface area contributed by atoms with Crippen LogP contribution < -0.4 is 5.32 Å². The van der Waals surface area contributed by atoms with E-state index < -0.39 is 12.1 Å². The van der Waals surface area contributed by atoms with Gasteiger partial charge in [0.2, 0.25) is 0 Å². The molecule has 0 saturated heterocycles. The Labute approximate surface area is 152 Å². The minimum absolute atomic E-state index is 0.172. The summed E-state index contributed by atoms with van der Waals surface area (Å²) >= 11 is 5.81. The number of nitrogens with one attached hydrogen (secondary N) is 1. The van der Waals surface area contributed by atoms with Crippen LogP contribution in [0.1, 0.15) is 30.0 Å². The quantitative estimate of drug-likeness (QED) is 0.824. The van der Waals surface area contributed by atoms with Crippen LogP contribution in [0.3, 0.4) is 0 Å². The summed E-state index contributed by atoms with van der Waals surface area (Å²) < 4.78 is 5.25. The van der Waals surface area contributed by atoms with E-state index >= 15 is 0 Å². The molecule has 0 radical (unpaired) electrons. The molecule has 0 aromatic heterocycles. The number of amides is 1. The number of hydrogen-bond donors (Lipinski definition) is 1. The van der Waals surface area contributed by atoms with Crippen molar-refractivity contribution >= 4 is 29.2 Å². The summed E-state index contributed by atoms with van der Waals surface area (Å²) in [4.78, 5) is 24.2. The molecular weight excluding hydrogens is 338 g/mol. The fraction of sp³-hybridized carbons (Fsp3) is 0.300. The van der Waals surface area contributed by atoms with E-state index in [1.54, 1.807) is 31.2 Å². The number of halogens is 1. The molecule has 130 valence electrons. The molecule has 1 N–H and O–H groups in total. The molecule has 2 aromatic rings. The van der Waals surface area contributed by atoms with Gasteiger partial charge in [0.05, 0.1) is 6.42 Å². The van der Waals surface area contributed by atoms with Gasteiger partial charge in [0.25, 0.3) is 5.91 Å². The average molecular weight is 358 g/mol. The van der Waals surface area contributed by atoms with Crippen LogP contribution in [0.25, 0.3) is 0 Å². The molecule has 0 heterocycles. The Morgan fingerprint density at radius 2 is 1.84 bits per heavy atom. The molecule has 0 saturated carbocycles. The van der Waals surface area contributed by atoms with Gasteiger partial charge < -0.3 is 10.1 Å². The zero-order valence-electron chi connectivity index (χ0n) is 14.0. The summed E-state index contributed by atoms with van der Waals surface area (Å²) in [5.41, 5.74) is 4.22. The molecule has 0 unspecified atom stereocenters. The fourth-order valence-electron chi connectivity index (χ4n) is 2.97. The number of carbonyl (C=O) groups is 2. The van der Waals surface area contributed by atoms with Crippen molar-refractivity contribution in [2.24, 2.45) is 0 Å². The van der Waals surface area contributed by atoms with Gasteiger partial charge in [-0.15, -0.1) is 0 Å². The van der Waals surface area contributed by atoms with E-state index in [4.69, 9.17) is 16.3 Å². The summed E-state index contributed by atoms with van der Waals surface area (Å²) in [6.07, 6.45) is 2.66. The Balaban J connectivity index is 1.53. The summed E-state index contributed by atoms with van der Waals surface area (Å²) in [5, 5.41) is 3.29. The van der Waals surface area contributed by atoms with E-state index in [0.29, 0.717) is 10.7 Å². The number of benzene rings is 2. The number of ether oxygens (including phenoxy) is 1. The maximum absolute atomic E-state index is 12.1. The minimum atomic E-state index is -0.863. The van der Waals surface area contributed by atoms with Gasteiger partial charge in [-0.1, -0.05) is 29.8 Å². The van der Waals surface area contributed by atoms with Gasteiger partial charge in [-0.05, 0) is 67.1 Å². The smallest absolute Gasteiger partial charge is 0.311 e. The Morgan fingerprint density at radius 3 is 2.60 bits per heavy atom. The van der Waals surface area contributed by atoms with E-state index in [9.17, 15) is 9.59 Å². The van der Waals surface area contributed by atoms with Crippen molar-refractivity contribution in [3.05, 3.63) is 64.2 Å². The largest absolute Gasteiger partial charge is 0.452 e. The number of aryl methyl sites for hydroxylation is 2. The van der Waals surface area contributed by atoms with Crippen LogP contribution >= 0.6 is 11.6 Å². The van der Waals surface area contributed by atoms with Crippen molar-refractivity contribution in [3.8, 4) is 0 Å². The fourth-order valence-corrected chi connectivity index (χ4v) is 3.10. The van der Waals surface area contributed by atoms with Gasteiger partial charge in [0.15, 0.2) is 6.10 Å². The van der Waals surface area contributed by atoms with Gasteiger partial charge in [-0.25, -0.2) is 0 Å². The minimum Gasteiger partial charge on any atom is -0.452 e. The summed E-state index contributed by atoms with van der Waals surface area (Å²) in [6.45, 7) is 1.56. The summed E-state index contributed by atoms with van der Waals surface area (Å²) in [6, 6.07) is 12.9. The van der Waals surface area contributed by atoms with Crippen molar-refractivity contribution in [2.45, 2.75) is 38.7 Å². The molecule has 2 aromatic carbocycles. The maximum atomic E-state index is 12.1. The highest BCUT2D eigenvalue weighted by atomic mass is 35.5. The molecular formula is C20H20ClNO3.